The van der Waals surface area contributed by atoms with E-state index in [1.807, 2.05) is 36.6 Å². The molecule has 1 N–H and O–H groups in total. The Bertz CT molecular complexity index is 898. The van der Waals surface area contributed by atoms with E-state index in [-0.39, 0.29) is 12.4 Å². The van der Waals surface area contributed by atoms with Gasteiger partial charge in [-0.05, 0) is 36.8 Å². The van der Waals surface area contributed by atoms with Crippen LogP contribution in [0.3, 0.4) is 0 Å². The van der Waals surface area contributed by atoms with E-state index in [0.717, 1.165) is 22.0 Å². The molecule has 1 aromatic heterocycles. The molecular formula is C18H15ClFN3OS. The van der Waals surface area contributed by atoms with E-state index in [0.29, 0.717) is 10.8 Å². The number of ether oxygens (including phenoxy) is 1. The fourth-order valence-corrected chi connectivity index (χ4v) is 2.91. The Hall–Kier alpha value is -2.44. The lowest BCUT2D eigenvalue weighted by molar-refractivity contribution is 0.306. The van der Waals surface area contributed by atoms with Crippen LogP contribution < -0.4 is 10.2 Å². The van der Waals surface area contributed by atoms with E-state index in [9.17, 15) is 4.39 Å². The van der Waals surface area contributed by atoms with Crippen LogP contribution in [0.4, 0.5) is 9.52 Å². The topological polar surface area (TPSA) is 46.5 Å². The highest BCUT2D eigenvalue weighted by Crippen LogP contribution is 2.20. The summed E-state index contributed by atoms with van der Waals surface area (Å²) in [4.78, 5) is 4.27. The largest absolute Gasteiger partial charge is 0.489 e. The zero-order valence-corrected chi connectivity index (χ0v) is 14.9. The van der Waals surface area contributed by atoms with Gasteiger partial charge in [0.1, 0.15) is 18.2 Å². The molecule has 0 aliphatic heterocycles. The lowest BCUT2D eigenvalue weighted by atomic mass is 10.2. The number of rotatable bonds is 6. The fraction of sp³-hybridized carbons (Fsp3) is 0.111. The Morgan fingerprint density at radius 3 is 2.96 bits per heavy atom. The molecule has 3 aromatic rings. The van der Waals surface area contributed by atoms with Gasteiger partial charge in [-0.3, -0.25) is 5.43 Å². The fourth-order valence-electron chi connectivity index (χ4n) is 2.05. The summed E-state index contributed by atoms with van der Waals surface area (Å²) in [5.74, 6) is 0.310. The molecule has 2 aromatic carbocycles. The number of aryl methyl sites for hydroxylation is 1. The highest BCUT2D eigenvalue weighted by Gasteiger charge is 2.03. The first kappa shape index (κ1) is 17.4. The molecule has 7 heteroatoms. The summed E-state index contributed by atoms with van der Waals surface area (Å²) in [6, 6.07) is 11.7. The van der Waals surface area contributed by atoms with Crippen molar-refractivity contribution in [2.75, 3.05) is 5.43 Å². The van der Waals surface area contributed by atoms with E-state index in [4.69, 9.17) is 16.3 Å². The molecule has 25 heavy (non-hydrogen) atoms. The quantitative estimate of drug-likeness (QED) is 0.471. The summed E-state index contributed by atoms with van der Waals surface area (Å²) in [5.41, 5.74) is 5.45. The number of aromatic nitrogens is 1. The van der Waals surface area contributed by atoms with Crippen molar-refractivity contribution in [1.29, 1.82) is 0 Å². The van der Waals surface area contributed by atoms with Crippen molar-refractivity contribution in [1.82, 2.24) is 4.98 Å². The highest BCUT2D eigenvalue weighted by atomic mass is 35.5. The van der Waals surface area contributed by atoms with Crippen LogP contribution in [0.25, 0.3) is 0 Å². The molecule has 0 bridgehead atoms. The van der Waals surface area contributed by atoms with Crippen molar-refractivity contribution in [3.8, 4) is 5.75 Å². The number of halogens is 2. The summed E-state index contributed by atoms with van der Waals surface area (Å²) in [6.07, 6.45) is 1.69. The number of hydrogen-bond acceptors (Lipinski definition) is 5. The van der Waals surface area contributed by atoms with Crippen molar-refractivity contribution in [2.45, 2.75) is 13.5 Å². The summed E-state index contributed by atoms with van der Waals surface area (Å²) in [5, 5.41) is 7.20. The second-order valence-corrected chi connectivity index (χ2v) is 6.53. The predicted octanol–water partition coefficient (Wildman–Crippen LogP) is 5.27. The first-order valence-electron chi connectivity index (χ1n) is 7.48. The van der Waals surface area contributed by atoms with Crippen LogP contribution in [0.5, 0.6) is 5.75 Å². The zero-order valence-electron chi connectivity index (χ0n) is 13.4. The molecule has 0 fully saturated rings. The highest BCUT2D eigenvalue weighted by molar-refractivity contribution is 7.13. The number of benzene rings is 2. The standard InChI is InChI=1S/C18H15ClFN3OS/c1-12-11-25-18(22-12)23-21-9-13-3-2-4-16(7-13)24-10-14-5-6-15(20)8-17(14)19/h2-9,11H,10H2,1H3,(H,22,23). The SMILES string of the molecule is Cc1csc(NN=Cc2cccc(OCc3ccc(F)cc3Cl)c2)n1. The summed E-state index contributed by atoms with van der Waals surface area (Å²) in [7, 11) is 0. The van der Waals surface area contributed by atoms with Gasteiger partial charge in [0.15, 0.2) is 0 Å². The molecule has 0 radical (unpaired) electrons. The number of hydrazone groups is 1. The van der Waals surface area contributed by atoms with Crippen molar-refractivity contribution in [3.63, 3.8) is 0 Å². The number of nitrogens with one attached hydrogen (secondary N) is 1. The van der Waals surface area contributed by atoms with Gasteiger partial charge in [0.2, 0.25) is 5.13 Å². The van der Waals surface area contributed by atoms with Gasteiger partial charge < -0.3 is 4.74 Å². The smallest absolute Gasteiger partial charge is 0.203 e. The second kappa shape index (κ2) is 8.09. The molecule has 4 nitrogen and oxygen atoms in total. The molecule has 0 saturated heterocycles. The Labute approximate surface area is 153 Å². The van der Waals surface area contributed by atoms with Crippen LogP contribution in [-0.4, -0.2) is 11.2 Å². The molecule has 0 amide bonds. The van der Waals surface area contributed by atoms with E-state index in [1.165, 1.54) is 23.5 Å². The molecule has 0 atom stereocenters. The number of nitrogens with zero attached hydrogens (tertiary/aromatic N) is 2. The Morgan fingerprint density at radius 2 is 2.20 bits per heavy atom. The Morgan fingerprint density at radius 1 is 1.32 bits per heavy atom. The molecule has 0 aliphatic carbocycles. The Balaban J connectivity index is 1.61. The van der Waals surface area contributed by atoms with Gasteiger partial charge in [0, 0.05) is 10.9 Å². The van der Waals surface area contributed by atoms with E-state index >= 15 is 0 Å². The minimum Gasteiger partial charge on any atom is -0.489 e. The van der Waals surface area contributed by atoms with Crippen molar-refractivity contribution in [3.05, 3.63) is 75.5 Å². The average molecular weight is 376 g/mol. The molecule has 0 aliphatic rings. The maximum absolute atomic E-state index is 13.1. The van der Waals surface area contributed by atoms with E-state index in [1.54, 1.807) is 12.3 Å². The third kappa shape index (κ3) is 5.01. The first-order chi connectivity index (χ1) is 12.1. The summed E-state index contributed by atoms with van der Waals surface area (Å²) >= 11 is 7.50. The van der Waals surface area contributed by atoms with Gasteiger partial charge in [0.05, 0.1) is 16.9 Å². The lowest BCUT2D eigenvalue weighted by Gasteiger charge is -2.08. The predicted molar refractivity (Wildman–Crippen MR) is 100 cm³/mol. The van der Waals surface area contributed by atoms with E-state index in [2.05, 4.69) is 15.5 Å². The number of thiazole rings is 1. The minimum absolute atomic E-state index is 0.260. The monoisotopic (exact) mass is 375 g/mol. The molecule has 1 heterocycles. The molecule has 0 saturated carbocycles. The Kier molecular flexibility index (Phi) is 5.63. The van der Waals surface area contributed by atoms with Gasteiger partial charge in [0.25, 0.3) is 0 Å². The second-order valence-electron chi connectivity index (χ2n) is 5.26. The number of hydrogen-bond donors (Lipinski definition) is 1. The van der Waals surface area contributed by atoms with E-state index < -0.39 is 0 Å². The summed E-state index contributed by atoms with van der Waals surface area (Å²) in [6.45, 7) is 2.19. The van der Waals surface area contributed by atoms with Gasteiger partial charge in [-0.2, -0.15) is 5.10 Å². The van der Waals surface area contributed by atoms with Gasteiger partial charge in [-0.15, -0.1) is 11.3 Å². The third-order valence-electron chi connectivity index (χ3n) is 3.26. The molecule has 3 rings (SSSR count). The molecule has 0 spiro atoms. The van der Waals surface area contributed by atoms with Gasteiger partial charge >= 0.3 is 0 Å². The maximum atomic E-state index is 13.1. The number of anilines is 1. The summed E-state index contributed by atoms with van der Waals surface area (Å²) < 4.78 is 18.8. The zero-order chi connectivity index (χ0) is 17.6. The molecular weight excluding hydrogens is 361 g/mol. The van der Waals surface area contributed by atoms with Crippen molar-refractivity contribution < 1.29 is 9.13 Å². The van der Waals surface area contributed by atoms with Crippen LogP contribution in [0.15, 0.2) is 52.9 Å². The first-order valence-corrected chi connectivity index (χ1v) is 8.74. The molecule has 128 valence electrons. The lowest BCUT2D eigenvalue weighted by Crippen LogP contribution is -1.97. The van der Waals surface area contributed by atoms with Crippen molar-refractivity contribution >= 4 is 34.3 Å². The minimum atomic E-state index is -0.366. The van der Waals surface area contributed by atoms with Crippen LogP contribution >= 0.6 is 22.9 Å². The van der Waals surface area contributed by atoms with Crippen LogP contribution in [0.2, 0.25) is 5.02 Å². The van der Waals surface area contributed by atoms with Gasteiger partial charge in [-0.25, -0.2) is 9.37 Å². The van der Waals surface area contributed by atoms with Crippen LogP contribution in [0, 0.1) is 12.7 Å². The molecule has 0 unspecified atom stereocenters. The van der Waals surface area contributed by atoms with Gasteiger partial charge in [-0.1, -0.05) is 29.8 Å². The third-order valence-corrected chi connectivity index (χ3v) is 4.48. The van der Waals surface area contributed by atoms with Crippen LogP contribution in [0.1, 0.15) is 16.8 Å². The van der Waals surface area contributed by atoms with Crippen LogP contribution in [-0.2, 0) is 6.61 Å². The normalized spacial score (nSPS) is 11.0. The average Bonchev–Trinajstić information content (AvgIpc) is 3.00. The van der Waals surface area contributed by atoms with Crippen molar-refractivity contribution in [2.24, 2.45) is 5.10 Å². The maximum Gasteiger partial charge on any atom is 0.203 e.